The molecule has 1 saturated carbocycles. The van der Waals surface area contributed by atoms with Crippen LogP contribution in [-0.4, -0.2) is 40.2 Å². The summed E-state index contributed by atoms with van der Waals surface area (Å²) in [6.07, 6.45) is 6.34. The number of fused-ring (bicyclic) bond motifs is 1. The Hall–Kier alpha value is -2.21. The monoisotopic (exact) mass is 366 g/mol. The summed E-state index contributed by atoms with van der Waals surface area (Å²) < 4.78 is 0. The van der Waals surface area contributed by atoms with Gasteiger partial charge < -0.3 is 5.32 Å². The van der Waals surface area contributed by atoms with E-state index in [-0.39, 0.29) is 0 Å². The summed E-state index contributed by atoms with van der Waals surface area (Å²) in [7, 11) is 0. The summed E-state index contributed by atoms with van der Waals surface area (Å²) >= 11 is 0. The molecule has 0 radical (unpaired) electrons. The number of aryl methyl sites for hydroxylation is 2. The van der Waals surface area contributed by atoms with Crippen LogP contribution in [0.4, 0.5) is 5.95 Å². The van der Waals surface area contributed by atoms with Gasteiger partial charge in [-0.05, 0) is 49.8 Å². The molecule has 0 bridgehead atoms. The minimum absolute atomic E-state index is 0.606. The first kappa shape index (κ1) is 18.2. The number of nitrogens with one attached hydrogen (secondary N) is 2. The number of rotatable bonds is 3. The van der Waals surface area contributed by atoms with Gasteiger partial charge in [-0.2, -0.15) is 0 Å². The molecular weight excluding hydrogens is 336 g/mol. The first-order valence-corrected chi connectivity index (χ1v) is 10.2. The van der Waals surface area contributed by atoms with Crippen molar-refractivity contribution in [2.45, 2.75) is 58.9 Å². The number of anilines is 1. The van der Waals surface area contributed by atoms with Crippen molar-refractivity contribution in [3.05, 3.63) is 29.5 Å². The summed E-state index contributed by atoms with van der Waals surface area (Å²) in [5.74, 6) is 2.12. The number of benzene rings is 1. The number of hydrogen-bond donors (Lipinski definition) is 2. The van der Waals surface area contributed by atoms with Crippen LogP contribution in [0, 0.1) is 12.8 Å². The van der Waals surface area contributed by atoms with Gasteiger partial charge in [0.2, 0.25) is 11.9 Å². The van der Waals surface area contributed by atoms with Crippen molar-refractivity contribution in [1.82, 2.24) is 20.2 Å². The largest absolute Gasteiger partial charge is 0.343 e. The third kappa shape index (κ3) is 3.90. The van der Waals surface area contributed by atoms with Crippen molar-refractivity contribution in [1.29, 1.82) is 0 Å². The second-order valence-electron chi connectivity index (χ2n) is 7.86. The van der Waals surface area contributed by atoms with Crippen LogP contribution in [0.5, 0.6) is 0 Å². The fourth-order valence-corrected chi connectivity index (χ4v) is 4.30. The Balaban J connectivity index is 1.46. The average Bonchev–Trinajstić information content (AvgIpc) is 2.69. The standard InChI is InChI=1S/C21H30N6/c1-4-16-9-10-18-17(11-16)15(3)24-21(25-18)26-20-22-12-27(13-23-20)19-8-6-5-7-14(19)2/h9-11,14,19H,4-8,12-13H2,1-3H3,(H2,22,23,24,25,26)/t14-,19+/m0/s1. The zero-order chi connectivity index (χ0) is 18.8. The maximum Gasteiger partial charge on any atom is 0.230 e. The van der Waals surface area contributed by atoms with E-state index < -0.39 is 0 Å². The first-order chi connectivity index (χ1) is 13.1. The lowest BCUT2D eigenvalue weighted by atomic mass is 9.85. The molecule has 2 atom stereocenters. The van der Waals surface area contributed by atoms with Crippen molar-refractivity contribution in [2.75, 3.05) is 18.7 Å². The molecule has 2 N–H and O–H groups in total. The Bertz CT molecular complexity index is 846. The van der Waals surface area contributed by atoms with E-state index in [1.807, 2.05) is 6.92 Å². The number of aliphatic imine (C=N–C) groups is 1. The second kappa shape index (κ2) is 7.80. The molecule has 4 rings (SSSR count). The van der Waals surface area contributed by atoms with E-state index in [0.29, 0.717) is 12.0 Å². The molecule has 2 aliphatic rings. The van der Waals surface area contributed by atoms with E-state index in [1.54, 1.807) is 0 Å². The summed E-state index contributed by atoms with van der Waals surface area (Å²) in [5, 5.41) is 7.79. The van der Waals surface area contributed by atoms with Gasteiger partial charge in [0.25, 0.3) is 0 Å². The molecule has 1 aromatic carbocycles. The molecule has 0 amide bonds. The predicted molar refractivity (Wildman–Crippen MR) is 111 cm³/mol. The van der Waals surface area contributed by atoms with E-state index in [0.717, 1.165) is 48.2 Å². The zero-order valence-corrected chi connectivity index (χ0v) is 16.6. The first-order valence-electron chi connectivity index (χ1n) is 10.2. The van der Waals surface area contributed by atoms with Crippen LogP contribution >= 0.6 is 0 Å². The van der Waals surface area contributed by atoms with Crippen LogP contribution in [0.3, 0.4) is 0 Å². The van der Waals surface area contributed by atoms with E-state index in [1.165, 1.54) is 31.2 Å². The lowest BCUT2D eigenvalue weighted by Gasteiger charge is -2.39. The van der Waals surface area contributed by atoms with Crippen molar-refractivity contribution in [3.8, 4) is 0 Å². The van der Waals surface area contributed by atoms with Crippen LogP contribution in [0.15, 0.2) is 23.2 Å². The number of hydrogen-bond acceptors (Lipinski definition) is 6. The number of nitrogens with zero attached hydrogens (tertiary/aromatic N) is 4. The third-order valence-corrected chi connectivity index (χ3v) is 5.98. The smallest absolute Gasteiger partial charge is 0.230 e. The molecule has 144 valence electrons. The molecule has 1 fully saturated rings. The van der Waals surface area contributed by atoms with E-state index in [4.69, 9.17) is 4.99 Å². The van der Waals surface area contributed by atoms with Gasteiger partial charge in [0.1, 0.15) is 0 Å². The Kier molecular flexibility index (Phi) is 5.25. The maximum absolute atomic E-state index is 4.69. The van der Waals surface area contributed by atoms with Crippen LogP contribution in [-0.2, 0) is 6.42 Å². The highest BCUT2D eigenvalue weighted by molar-refractivity contribution is 5.93. The van der Waals surface area contributed by atoms with Crippen molar-refractivity contribution < 1.29 is 0 Å². The SMILES string of the molecule is CCc1ccc2nc(NC3=NCN([C@@H]4CCCC[C@@H]4C)CN3)nc(C)c2c1. The highest BCUT2D eigenvalue weighted by Crippen LogP contribution is 2.28. The number of guanidine groups is 1. The van der Waals surface area contributed by atoms with Crippen molar-refractivity contribution in [3.63, 3.8) is 0 Å². The summed E-state index contributed by atoms with van der Waals surface area (Å²) in [6.45, 7) is 8.13. The van der Waals surface area contributed by atoms with Gasteiger partial charge in [-0.25, -0.2) is 15.0 Å². The lowest BCUT2D eigenvalue weighted by molar-refractivity contribution is 0.107. The molecule has 0 spiro atoms. The fraction of sp³-hybridized carbons (Fsp3) is 0.571. The van der Waals surface area contributed by atoms with Crippen LogP contribution in [0.1, 0.15) is 50.8 Å². The molecule has 2 aromatic rings. The highest BCUT2D eigenvalue weighted by Gasteiger charge is 2.28. The summed E-state index contributed by atoms with van der Waals surface area (Å²) in [5.41, 5.74) is 3.27. The van der Waals surface area contributed by atoms with Crippen molar-refractivity contribution in [2.24, 2.45) is 10.9 Å². The molecule has 0 unspecified atom stereocenters. The summed E-state index contributed by atoms with van der Waals surface area (Å²) in [6, 6.07) is 7.05. The van der Waals surface area contributed by atoms with Gasteiger partial charge >= 0.3 is 0 Å². The van der Waals surface area contributed by atoms with Gasteiger partial charge in [-0.3, -0.25) is 10.2 Å². The van der Waals surface area contributed by atoms with E-state index >= 15 is 0 Å². The predicted octanol–water partition coefficient (Wildman–Crippen LogP) is 3.67. The third-order valence-electron chi connectivity index (χ3n) is 5.98. The van der Waals surface area contributed by atoms with Gasteiger partial charge in [-0.15, -0.1) is 0 Å². The Morgan fingerprint density at radius 2 is 2.07 bits per heavy atom. The molecule has 1 aliphatic carbocycles. The van der Waals surface area contributed by atoms with Crippen LogP contribution in [0.2, 0.25) is 0 Å². The molecule has 6 heteroatoms. The molecule has 0 saturated heterocycles. The zero-order valence-electron chi connectivity index (χ0n) is 16.6. The van der Waals surface area contributed by atoms with Crippen LogP contribution in [0.25, 0.3) is 10.9 Å². The molecule has 2 heterocycles. The minimum atomic E-state index is 0.606. The van der Waals surface area contributed by atoms with Gasteiger partial charge in [0, 0.05) is 11.4 Å². The number of aromatic nitrogens is 2. The normalized spacial score (nSPS) is 23.7. The van der Waals surface area contributed by atoms with Gasteiger partial charge in [-0.1, -0.05) is 32.8 Å². The van der Waals surface area contributed by atoms with Gasteiger partial charge in [0.05, 0.1) is 24.5 Å². The molecule has 1 aromatic heterocycles. The topological polar surface area (TPSA) is 65.4 Å². The molecule has 27 heavy (non-hydrogen) atoms. The Labute approximate surface area is 161 Å². The van der Waals surface area contributed by atoms with E-state index in [2.05, 4.69) is 57.5 Å². The highest BCUT2D eigenvalue weighted by atomic mass is 15.4. The fourth-order valence-electron chi connectivity index (χ4n) is 4.30. The quantitative estimate of drug-likeness (QED) is 0.868. The average molecular weight is 367 g/mol. The lowest BCUT2D eigenvalue weighted by Crippen LogP contribution is -2.52. The van der Waals surface area contributed by atoms with Crippen molar-refractivity contribution >= 4 is 22.8 Å². The molecule has 1 aliphatic heterocycles. The minimum Gasteiger partial charge on any atom is -0.343 e. The van der Waals surface area contributed by atoms with Crippen LogP contribution < -0.4 is 10.6 Å². The Morgan fingerprint density at radius 3 is 2.81 bits per heavy atom. The molecule has 6 nitrogen and oxygen atoms in total. The maximum atomic E-state index is 4.69. The van der Waals surface area contributed by atoms with Gasteiger partial charge in [0.15, 0.2) is 0 Å². The summed E-state index contributed by atoms with van der Waals surface area (Å²) in [4.78, 5) is 16.5. The van der Waals surface area contributed by atoms with E-state index in [9.17, 15) is 0 Å². The second-order valence-corrected chi connectivity index (χ2v) is 7.86. The Morgan fingerprint density at radius 1 is 1.22 bits per heavy atom. The molecular formula is C21H30N6.